The maximum absolute atomic E-state index is 8.78. The monoisotopic (exact) mass is 282 g/mol. The maximum Gasteiger partial charge on any atom is 0.276 e. The lowest BCUT2D eigenvalue weighted by molar-refractivity contribution is 0.300. The van der Waals surface area contributed by atoms with Crippen molar-refractivity contribution in [3.8, 4) is 17.7 Å². The number of hydrogen-bond acceptors (Lipinski definition) is 5. The van der Waals surface area contributed by atoms with Crippen molar-refractivity contribution in [3.63, 3.8) is 0 Å². The van der Waals surface area contributed by atoms with E-state index in [2.05, 4.69) is 22.0 Å². The van der Waals surface area contributed by atoms with Crippen molar-refractivity contribution in [1.29, 1.82) is 5.26 Å². The first-order valence-corrected chi connectivity index (χ1v) is 7.50. The molecule has 21 heavy (non-hydrogen) atoms. The number of aromatic nitrogens is 3. The van der Waals surface area contributed by atoms with Crippen LogP contribution < -0.4 is 0 Å². The Balaban J connectivity index is 1.77. The summed E-state index contributed by atoms with van der Waals surface area (Å²) in [7, 11) is 0. The third kappa shape index (κ3) is 2.94. The fraction of sp³-hybridized carbons (Fsp3) is 0.500. The van der Waals surface area contributed by atoms with Crippen LogP contribution in [0.25, 0.3) is 11.6 Å². The highest BCUT2D eigenvalue weighted by Crippen LogP contribution is 2.36. The lowest BCUT2D eigenvalue weighted by Gasteiger charge is -2.26. The number of pyridine rings is 1. The Morgan fingerprint density at radius 1 is 1.38 bits per heavy atom. The molecule has 3 rings (SSSR count). The van der Waals surface area contributed by atoms with Crippen molar-refractivity contribution in [3.05, 3.63) is 29.7 Å². The molecule has 0 bridgehead atoms. The van der Waals surface area contributed by atoms with E-state index in [0.717, 1.165) is 24.6 Å². The summed E-state index contributed by atoms with van der Waals surface area (Å²) >= 11 is 0. The highest BCUT2D eigenvalue weighted by molar-refractivity contribution is 5.47. The second kappa shape index (κ2) is 6.04. The molecule has 1 saturated carbocycles. The highest BCUT2D eigenvalue weighted by Gasteiger charge is 2.26. The molecule has 2 heterocycles. The zero-order valence-electron chi connectivity index (χ0n) is 12.1. The van der Waals surface area contributed by atoms with E-state index in [0.29, 0.717) is 23.1 Å². The van der Waals surface area contributed by atoms with Crippen molar-refractivity contribution in [1.82, 2.24) is 15.1 Å². The molecule has 2 aromatic rings. The summed E-state index contributed by atoms with van der Waals surface area (Å²) in [4.78, 5) is 8.70. The van der Waals surface area contributed by atoms with Crippen molar-refractivity contribution >= 4 is 0 Å². The molecule has 2 aromatic heterocycles. The van der Waals surface area contributed by atoms with E-state index in [1.165, 1.54) is 25.5 Å². The molecule has 5 nitrogen and oxygen atoms in total. The molecule has 0 aliphatic heterocycles. The molecule has 2 atom stereocenters. The minimum atomic E-state index is 0.402. The minimum absolute atomic E-state index is 0.402. The van der Waals surface area contributed by atoms with Gasteiger partial charge in [-0.3, -0.25) is 0 Å². The summed E-state index contributed by atoms with van der Waals surface area (Å²) in [6.45, 7) is 2.25. The Hall–Kier alpha value is -2.22. The second-order valence-electron chi connectivity index (χ2n) is 5.64. The van der Waals surface area contributed by atoms with Gasteiger partial charge < -0.3 is 4.52 Å². The summed E-state index contributed by atoms with van der Waals surface area (Å²) < 4.78 is 5.34. The average molecular weight is 282 g/mol. The Morgan fingerprint density at radius 2 is 2.29 bits per heavy atom. The summed E-state index contributed by atoms with van der Waals surface area (Å²) in [5, 5.41) is 12.9. The largest absolute Gasteiger partial charge is 0.332 e. The van der Waals surface area contributed by atoms with Gasteiger partial charge in [-0.1, -0.05) is 31.3 Å². The molecule has 0 aromatic carbocycles. The first-order valence-electron chi connectivity index (χ1n) is 7.50. The lowest BCUT2D eigenvalue weighted by Crippen LogP contribution is -2.14. The van der Waals surface area contributed by atoms with E-state index in [1.54, 1.807) is 12.1 Å². The lowest BCUT2D eigenvalue weighted by atomic mass is 9.80. The van der Waals surface area contributed by atoms with Crippen LogP contribution in [0.2, 0.25) is 0 Å². The van der Waals surface area contributed by atoms with Crippen LogP contribution in [-0.2, 0) is 0 Å². The zero-order valence-corrected chi connectivity index (χ0v) is 12.1. The van der Waals surface area contributed by atoms with Crippen LogP contribution in [0.4, 0.5) is 0 Å². The number of nitriles is 1. The SMILES string of the molecule is CCC1CCCC(c2noc(-c3ccc(C#N)cn3)n2)C1. The third-order valence-corrected chi connectivity index (χ3v) is 4.28. The maximum atomic E-state index is 8.78. The van der Waals surface area contributed by atoms with Gasteiger partial charge in [0.05, 0.1) is 5.56 Å². The first-order chi connectivity index (χ1) is 10.3. The van der Waals surface area contributed by atoms with Crippen LogP contribution in [0.15, 0.2) is 22.9 Å². The molecule has 0 saturated heterocycles. The molecule has 1 fully saturated rings. The van der Waals surface area contributed by atoms with E-state index in [1.807, 2.05) is 6.07 Å². The molecule has 1 aliphatic rings. The second-order valence-corrected chi connectivity index (χ2v) is 5.64. The fourth-order valence-electron chi connectivity index (χ4n) is 2.99. The van der Waals surface area contributed by atoms with Crippen LogP contribution >= 0.6 is 0 Å². The van der Waals surface area contributed by atoms with Gasteiger partial charge in [0.15, 0.2) is 5.82 Å². The quantitative estimate of drug-likeness (QED) is 0.858. The highest BCUT2D eigenvalue weighted by atomic mass is 16.5. The van der Waals surface area contributed by atoms with Gasteiger partial charge in [0.1, 0.15) is 11.8 Å². The predicted molar refractivity (Wildman–Crippen MR) is 77.2 cm³/mol. The molecule has 2 unspecified atom stereocenters. The molecule has 0 N–H and O–H groups in total. The molecule has 0 radical (unpaired) electrons. The topological polar surface area (TPSA) is 75.6 Å². The van der Waals surface area contributed by atoms with Crippen LogP contribution in [0.1, 0.15) is 56.3 Å². The van der Waals surface area contributed by atoms with Crippen molar-refractivity contribution in [2.24, 2.45) is 5.92 Å². The minimum Gasteiger partial charge on any atom is -0.332 e. The van der Waals surface area contributed by atoms with E-state index in [9.17, 15) is 0 Å². The number of hydrogen-bond donors (Lipinski definition) is 0. The molecule has 5 heteroatoms. The van der Waals surface area contributed by atoms with Crippen molar-refractivity contribution < 1.29 is 4.52 Å². The van der Waals surface area contributed by atoms with Gasteiger partial charge in [-0.2, -0.15) is 10.2 Å². The Kier molecular flexibility index (Phi) is 3.96. The van der Waals surface area contributed by atoms with Gasteiger partial charge >= 0.3 is 0 Å². The summed E-state index contributed by atoms with van der Waals surface area (Å²) in [6, 6.07) is 5.49. The summed E-state index contributed by atoms with van der Waals surface area (Å²) in [5.74, 6) is 2.42. The van der Waals surface area contributed by atoms with Crippen molar-refractivity contribution in [2.45, 2.75) is 44.9 Å². The van der Waals surface area contributed by atoms with E-state index in [-0.39, 0.29) is 0 Å². The molecular formula is C16H18N4O. The molecule has 0 spiro atoms. The first kappa shape index (κ1) is 13.7. The Labute approximate surface area is 124 Å². The van der Waals surface area contributed by atoms with Crippen LogP contribution in [-0.4, -0.2) is 15.1 Å². The summed E-state index contributed by atoms with van der Waals surface area (Å²) in [5.41, 5.74) is 1.15. The van der Waals surface area contributed by atoms with Crippen LogP contribution in [0, 0.1) is 17.2 Å². The van der Waals surface area contributed by atoms with E-state index >= 15 is 0 Å². The van der Waals surface area contributed by atoms with Gasteiger partial charge in [0.25, 0.3) is 5.89 Å². The van der Waals surface area contributed by atoms with Crippen LogP contribution in [0.5, 0.6) is 0 Å². The number of rotatable bonds is 3. The average Bonchev–Trinajstić information content (AvgIpc) is 3.05. The smallest absolute Gasteiger partial charge is 0.276 e. The molecular weight excluding hydrogens is 264 g/mol. The van der Waals surface area contributed by atoms with E-state index < -0.39 is 0 Å². The molecule has 108 valence electrons. The van der Waals surface area contributed by atoms with Crippen LogP contribution in [0.3, 0.4) is 0 Å². The van der Waals surface area contributed by atoms with Crippen molar-refractivity contribution in [2.75, 3.05) is 0 Å². The summed E-state index contributed by atoms with van der Waals surface area (Å²) in [6.07, 6.45) is 7.58. The van der Waals surface area contributed by atoms with Gasteiger partial charge in [0, 0.05) is 12.1 Å². The number of nitrogens with zero attached hydrogens (tertiary/aromatic N) is 4. The Bertz CT molecular complexity index is 641. The normalized spacial score (nSPS) is 21.9. The van der Waals surface area contributed by atoms with Gasteiger partial charge in [-0.25, -0.2) is 4.98 Å². The fourth-order valence-corrected chi connectivity index (χ4v) is 2.99. The van der Waals surface area contributed by atoms with Gasteiger partial charge in [-0.05, 0) is 30.9 Å². The molecule has 0 amide bonds. The standard InChI is InChI=1S/C16H18N4O/c1-2-11-4-3-5-13(8-11)15-19-16(21-20-15)14-7-6-12(9-17)10-18-14/h6-7,10-11,13H,2-5,8H2,1H3. The van der Waals surface area contributed by atoms with Gasteiger partial charge in [0.2, 0.25) is 0 Å². The predicted octanol–water partition coefficient (Wildman–Crippen LogP) is 3.69. The Morgan fingerprint density at radius 3 is 3.00 bits per heavy atom. The van der Waals surface area contributed by atoms with E-state index in [4.69, 9.17) is 9.78 Å². The third-order valence-electron chi connectivity index (χ3n) is 4.28. The zero-order chi connectivity index (χ0) is 14.7. The molecule has 1 aliphatic carbocycles. The van der Waals surface area contributed by atoms with Gasteiger partial charge in [-0.15, -0.1) is 0 Å².